The Morgan fingerprint density at radius 1 is 0.806 bits per heavy atom. The largest absolute Gasteiger partial charge is 0.504 e. The number of unbranched alkanes of at least 4 members (excludes halogenated alkanes) is 9. The van der Waals surface area contributed by atoms with Crippen LogP contribution in [0.25, 0.3) is 0 Å². The number of ether oxygens (including phenoxy) is 1. The number of esters is 1. The van der Waals surface area contributed by atoms with Gasteiger partial charge < -0.3 is 45.6 Å². The Bertz CT molecular complexity index is 739. The minimum absolute atomic E-state index is 0.295. The van der Waals surface area contributed by atoms with E-state index in [9.17, 15) is 40.5 Å². The van der Waals surface area contributed by atoms with Crippen LogP contribution in [0, 0.1) is 0 Å². The highest BCUT2D eigenvalue weighted by Crippen LogP contribution is 2.35. The highest BCUT2D eigenvalue weighted by atomic mass is 16.6. The first-order valence-electron chi connectivity index (χ1n) is 12.7. The number of carbonyl (C=O) groups excluding carboxylic acids is 1. The molecule has 36 heavy (non-hydrogen) atoms. The first-order chi connectivity index (χ1) is 17.1. The van der Waals surface area contributed by atoms with Crippen LogP contribution in [-0.2, 0) is 4.74 Å². The number of aliphatic hydroxyl groups excluding tert-OH is 5. The van der Waals surface area contributed by atoms with E-state index in [1.807, 2.05) is 0 Å². The SMILES string of the molecule is CCCCCCCCCCCCNC(OC(=O)c1cc(O)c(O)c(O)c1)[C@H](O)[C@@H](O)[C@H](O)[C@H](O)CO. The minimum atomic E-state index is -1.98. The van der Waals surface area contributed by atoms with Crippen molar-refractivity contribution < 1.29 is 50.4 Å². The molecular formula is C25H43NO10. The molecule has 0 heterocycles. The number of aromatic hydroxyl groups is 3. The third-order valence-electron chi connectivity index (χ3n) is 6.01. The maximum absolute atomic E-state index is 12.5. The lowest BCUT2D eigenvalue weighted by molar-refractivity contribution is -0.146. The zero-order chi connectivity index (χ0) is 27.1. The second-order valence-electron chi connectivity index (χ2n) is 9.05. The zero-order valence-corrected chi connectivity index (χ0v) is 20.9. The van der Waals surface area contributed by atoms with Crippen LogP contribution in [0.1, 0.15) is 81.5 Å². The van der Waals surface area contributed by atoms with Gasteiger partial charge >= 0.3 is 5.97 Å². The van der Waals surface area contributed by atoms with Crippen molar-refractivity contribution in [2.24, 2.45) is 0 Å². The molecule has 0 spiro atoms. The minimum Gasteiger partial charge on any atom is -0.504 e. The monoisotopic (exact) mass is 517 g/mol. The summed E-state index contributed by atoms with van der Waals surface area (Å²) >= 11 is 0. The summed E-state index contributed by atoms with van der Waals surface area (Å²) in [4.78, 5) is 12.5. The van der Waals surface area contributed by atoms with Gasteiger partial charge in [0.15, 0.2) is 23.5 Å². The van der Waals surface area contributed by atoms with Crippen molar-refractivity contribution in [3.05, 3.63) is 17.7 Å². The third kappa shape index (κ3) is 10.9. The zero-order valence-electron chi connectivity index (χ0n) is 20.9. The molecule has 0 bridgehead atoms. The Morgan fingerprint density at radius 3 is 1.81 bits per heavy atom. The molecule has 0 aromatic heterocycles. The molecule has 0 aliphatic rings. The van der Waals surface area contributed by atoms with Crippen molar-refractivity contribution in [3.63, 3.8) is 0 Å². The molecule has 0 amide bonds. The number of rotatable bonds is 19. The second kappa shape index (κ2) is 17.3. The predicted octanol–water partition coefficient (Wildman–Crippen LogP) is 1.23. The number of nitrogens with one attached hydrogen (secondary N) is 1. The van der Waals surface area contributed by atoms with E-state index < -0.39 is 60.5 Å². The van der Waals surface area contributed by atoms with E-state index in [0.29, 0.717) is 13.0 Å². The van der Waals surface area contributed by atoms with Gasteiger partial charge in [-0.25, -0.2) is 4.79 Å². The van der Waals surface area contributed by atoms with Crippen LogP contribution in [0.4, 0.5) is 0 Å². The van der Waals surface area contributed by atoms with Crippen molar-refractivity contribution in [1.29, 1.82) is 0 Å². The van der Waals surface area contributed by atoms with Crippen LogP contribution in [0.2, 0.25) is 0 Å². The third-order valence-corrected chi connectivity index (χ3v) is 6.01. The smallest absolute Gasteiger partial charge is 0.340 e. The molecule has 0 fully saturated rings. The Labute approximate surface area is 212 Å². The number of carbonyl (C=O) groups is 1. The van der Waals surface area contributed by atoms with Gasteiger partial charge in [-0.1, -0.05) is 64.7 Å². The first kappa shape index (κ1) is 31.9. The summed E-state index contributed by atoms with van der Waals surface area (Å²) < 4.78 is 5.21. The van der Waals surface area contributed by atoms with Gasteiger partial charge in [0.05, 0.1) is 12.2 Å². The van der Waals surface area contributed by atoms with Gasteiger partial charge in [-0.3, -0.25) is 5.32 Å². The predicted molar refractivity (Wildman–Crippen MR) is 132 cm³/mol. The summed E-state index contributed by atoms with van der Waals surface area (Å²) in [6.07, 6.45) is 1.97. The highest BCUT2D eigenvalue weighted by molar-refractivity contribution is 5.91. The lowest BCUT2D eigenvalue weighted by Crippen LogP contribution is -2.55. The molecule has 0 saturated carbocycles. The van der Waals surface area contributed by atoms with Crippen molar-refractivity contribution in [2.75, 3.05) is 13.2 Å². The van der Waals surface area contributed by atoms with Crippen LogP contribution in [0.3, 0.4) is 0 Å². The Hall–Kier alpha value is -2.15. The van der Waals surface area contributed by atoms with Crippen molar-refractivity contribution >= 4 is 5.97 Å². The van der Waals surface area contributed by atoms with Gasteiger partial charge in [0.1, 0.15) is 24.4 Å². The fourth-order valence-corrected chi connectivity index (χ4v) is 3.71. The van der Waals surface area contributed by atoms with Crippen molar-refractivity contribution in [1.82, 2.24) is 5.32 Å². The van der Waals surface area contributed by atoms with E-state index in [2.05, 4.69) is 12.2 Å². The number of benzene rings is 1. The Kier molecular flexibility index (Phi) is 15.3. The van der Waals surface area contributed by atoms with Gasteiger partial charge in [0, 0.05) is 0 Å². The quantitative estimate of drug-likeness (QED) is 0.0553. The van der Waals surface area contributed by atoms with Gasteiger partial charge in [0.2, 0.25) is 0 Å². The van der Waals surface area contributed by atoms with Crippen molar-refractivity contribution in [2.45, 2.75) is 102 Å². The summed E-state index contributed by atoms with van der Waals surface area (Å²) in [6, 6.07) is 1.70. The first-order valence-corrected chi connectivity index (χ1v) is 12.7. The van der Waals surface area contributed by atoms with E-state index >= 15 is 0 Å². The highest BCUT2D eigenvalue weighted by Gasteiger charge is 2.36. The number of hydrogen-bond acceptors (Lipinski definition) is 11. The fourth-order valence-electron chi connectivity index (χ4n) is 3.71. The van der Waals surface area contributed by atoms with Gasteiger partial charge in [-0.15, -0.1) is 0 Å². The van der Waals surface area contributed by atoms with Crippen LogP contribution < -0.4 is 5.32 Å². The molecule has 5 atom stereocenters. The maximum Gasteiger partial charge on any atom is 0.340 e. The summed E-state index contributed by atoms with van der Waals surface area (Å²) in [5.41, 5.74) is -0.342. The van der Waals surface area contributed by atoms with Crippen LogP contribution in [-0.4, -0.2) is 90.6 Å². The van der Waals surface area contributed by atoms with Crippen LogP contribution >= 0.6 is 0 Å². The topological polar surface area (TPSA) is 200 Å². The van der Waals surface area contributed by atoms with Gasteiger partial charge in [0.25, 0.3) is 0 Å². The number of phenols is 3. The van der Waals surface area contributed by atoms with Gasteiger partial charge in [-0.05, 0) is 25.1 Å². The normalized spacial score (nSPS) is 15.7. The molecule has 0 saturated heterocycles. The molecule has 1 aromatic rings. The summed E-state index contributed by atoms with van der Waals surface area (Å²) in [5, 5.41) is 80.8. The van der Waals surface area contributed by atoms with E-state index in [0.717, 1.165) is 31.4 Å². The van der Waals surface area contributed by atoms with E-state index in [-0.39, 0.29) is 5.56 Å². The molecular weight excluding hydrogens is 474 g/mol. The lowest BCUT2D eigenvalue weighted by Gasteiger charge is -2.31. The lowest BCUT2D eigenvalue weighted by atomic mass is 10.0. The molecule has 0 radical (unpaired) electrons. The Balaban J connectivity index is 2.68. The van der Waals surface area contributed by atoms with E-state index in [4.69, 9.17) is 9.84 Å². The molecule has 0 aliphatic carbocycles. The summed E-state index contributed by atoms with van der Waals surface area (Å²) in [7, 11) is 0. The molecule has 1 unspecified atom stereocenters. The molecule has 0 aliphatic heterocycles. The van der Waals surface area contributed by atoms with E-state index in [1.165, 1.54) is 38.5 Å². The fraction of sp³-hybridized carbons (Fsp3) is 0.720. The molecule has 11 heteroatoms. The van der Waals surface area contributed by atoms with Gasteiger partial charge in [-0.2, -0.15) is 0 Å². The Morgan fingerprint density at radius 2 is 1.31 bits per heavy atom. The molecule has 208 valence electrons. The number of phenolic OH excluding ortho intramolecular Hbond substituents is 3. The maximum atomic E-state index is 12.5. The average Bonchev–Trinajstić information content (AvgIpc) is 2.87. The summed E-state index contributed by atoms with van der Waals surface area (Å²) in [6.45, 7) is 1.61. The van der Waals surface area contributed by atoms with E-state index in [1.54, 1.807) is 0 Å². The molecule has 1 rings (SSSR count). The van der Waals surface area contributed by atoms with Crippen molar-refractivity contribution in [3.8, 4) is 17.2 Å². The average molecular weight is 518 g/mol. The number of aliphatic hydroxyl groups is 5. The van der Waals surface area contributed by atoms with Crippen LogP contribution in [0.15, 0.2) is 12.1 Å². The molecule has 11 nitrogen and oxygen atoms in total. The second-order valence-corrected chi connectivity index (χ2v) is 9.05. The summed E-state index contributed by atoms with van der Waals surface area (Å²) in [5.74, 6) is -3.46. The van der Waals surface area contributed by atoms with Crippen LogP contribution in [0.5, 0.6) is 17.2 Å². The molecule has 1 aromatic carbocycles. The standard InChI is InChI=1S/C25H43NO10/c1-2-3-4-5-6-7-8-9-10-11-12-26-24(23(34)22(33)21(32)19(30)15-27)36-25(35)16-13-17(28)20(31)18(29)14-16/h13-14,19,21-24,26-34H,2-12,15H2,1H3/t19-,21-,22+,23-,24?/m1/s1. The molecule has 9 N–H and O–H groups in total. The number of hydrogen-bond donors (Lipinski definition) is 9.